The summed E-state index contributed by atoms with van der Waals surface area (Å²) in [6.07, 6.45) is 0.386. The van der Waals surface area contributed by atoms with E-state index in [1.54, 1.807) is 13.8 Å². The SMILES string of the molecule is CC(C)C(NC(=O)[C@@H](N)Cc1ccccc1)C(=O)O. The van der Waals surface area contributed by atoms with Crippen molar-refractivity contribution in [3.8, 4) is 0 Å². The number of hydrogen-bond acceptors (Lipinski definition) is 3. The van der Waals surface area contributed by atoms with Gasteiger partial charge in [-0.2, -0.15) is 0 Å². The summed E-state index contributed by atoms with van der Waals surface area (Å²) in [7, 11) is 0. The molecule has 2 atom stereocenters. The summed E-state index contributed by atoms with van der Waals surface area (Å²) in [4.78, 5) is 22.9. The molecule has 1 unspecified atom stereocenters. The number of benzene rings is 1. The van der Waals surface area contributed by atoms with Crippen LogP contribution < -0.4 is 11.1 Å². The average molecular weight is 264 g/mol. The van der Waals surface area contributed by atoms with Crippen molar-refractivity contribution in [3.05, 3.63) is 35.9 Å². The fourth-order valence-electron chi connectivity index (χ4n) is 1.73. The van der Waals surface area contributed by atoms with Crippen LogP contribution in [0.25, 0.3) is 0 Å². The van der Waals surface area contributed by atoms with E-state index in [9.17, 15) is 9.59 Å². The number of amides is 1. The van der Waals surface area contributed by atoms with Gasteiger partial charge in [-0.3, -0.25) is 4.79 Å². The molecule has 0 aliphatic heterocycles. The highest BCUT2D eigenvalue weighted by molar-refractivity contribution is 5.87. The first-order chi connectivity index (χ1) is 8.91. The van der Waals surface area contributed by atoms with Crippen LogP contribution in [0, 0.1) is 5.92 Å². The molecule has 0 heterocycles. The van der Waals surface area contributed by atoms with E-state index in [0.29, 0.717) is 6.42 Å². The molecular formula is C14H20N2O3. The maximum absolute atomic E-state index is 11.9. The number of nitrogens with two attached hydrogens (primary N) is 1. The van der Waals surface area contributed by atoms with Gasteiger partial charge in [-0.05, 0) is 17.9 Å². The molecule has 1 rings (SSSR count). The monoisotopic (exact) mass is 264 g/mol. The van der Waals surface area contributed by atoms with Crippen LogP contribution in [0.2, 0.25) is 0 Å². The standard InChI is InChI=1S/C14H20N2O3/c1-9(2)12(14(18)19)16-13(17)11(15)8-10-6-4-3-5-7-10/h3-7,9,11-12H,8,15H2,1-2H3,(H,16,17)(H,18,19)/t11-,12?/m0/s1. The summed E-state index contributed by atoms with van der Waals surface area (Å²) in [5, 5.41) is 11.5. The van der Waals surface area contributed by atoms with Gasteiger partial charge in [-0.25, -0.2) is 4.79 Å². The first-order valence-electron chi connectivity index (χ1n) is 6.24. The maximum atomic E-state index is 11.9. The van der Waals surface area contributed by atoms with Crippen LogP contribution in [0.4, 0.5) is 0 Å². The largest absolute Gasteiger partial charge is 0.480 e. The number of nitrogens with one attached hydrogen (secondary N) is 1. The lowest BCUT2D eigenvalue weighted by Crippen LogP contribution is -2.51. The highest BCUT2D eigenvalue weighted by Crippen LogP contribution is 2.05. The minimum absolute atomic E-state index is 0.189. The van der Waals surface area contributed by atoms with E-state index in [1.807, 2.05) is 30.3 Å². The summed E-state index contributed by atoms with van der Waals surface area (Å²) in [5.74, 6) is -1.68. The summed E-state index contributed by atoms with van der Waals surface area (Å²) < 4.78 is 0. The van der Waals surface area contributed by atoms with Crippen molar-refractivity contribution in [2.45, 2.75) is 32.4 Å². The molecule has 19 heavy (non-hydrogen) atoms. The highest BCUT2D eigenvalue weighted by atomic mass is 16.4. The minimum Gasteiger partial charge on any atom is -0.480 e. The highest BCUT2D eigenvalue weighted by Gasteiger charge is 2.25. The van der Waals surface area contributed by atoms with Gasteiger partial charge < -0.3 is 16.2 Å². The van der Waals surface area contributed by atoms with Gasteiger partial charge in [0.15, 0.2) is 0 Å². The molecule has 4 N–H and O–H groups in total. The Bertz CT molecular complexity index is 432. The molecular weight excluding hydrogens is 244 g/mol. The van der Waals surface area contributed by atoms with Crippen LogP contribution in [-0.4, -0.2) is 29.1 Å². The van der Waals surface area contributed by atoms with Crippen LogP contribution in [-0.2, 0) is 16.0 Å². The predicted octanol–water partition coefficient (Wildman–Crippen LogP) is 0.782. The van der Waals surface area contributed by atoms with Crippen molar-refractivity contribution in [3.63, 3.8) is 0 Å². The summed E-state index contributed by atoms with van der Waals surface area (Å²) in [6, 6.07) is 7.72. The van der Waals surface area contributed by atoms with Gasteiger partial charge in [0.05, 0.1) is 6.04 Å². The molecule has 0 saturated carbocycles. The number of rotatable bonds is 6. The number of carbonyl (C=O) groups is 2. The molecule has 5 nitrogen and oxygen atoms in total. The molecule has 1 aromatic carbocycles. The number of carboxylic acids is 1. The summed E-state index contributed by atoms with van der Waals surface area (Å²) in [6.45, 7) is 3.48. The first-order valence-corrected chi connectivity index (χ1v) is 6.24. The lowest BCUT2D eigenvalue weighted by molar-refractivity contribution is -0.143. The Labute approximate surface area is 112 Å². The molecule has 1 aromatic rings. The second-order valence-corrected chi connectivity index (χ2v) is 4.86. The second-order valence-electron chi connectivity index (χ2n) is 4.86. The first kappa shape index (κ1) is 15.2. The molecule has 0 aromatic heterocycles. The molecule has 0 aliphatic rings. The van der Waals surface area contributed by atoms with Crippen molar-refractivity contribution < 1.29 is 14.7 Å². The van der Waals surface area contributed by atoms with E-state index in [0.717, 1.165) is 5.56 Å². The number of hydrogen-bond donors (Lipinski definition) is 3. The molecule has 0 fully saturated rings. The van der Waals surface area contributed by atoms with Crippen molar-refractivity contribution in [2.24, 2.45) is 11.7 Å². The van der Waals surface area contributed by atoms with E-state index in [1.165, 1.54) is 0 Å². The third-order valence-electron chi connectivity index (χ3n) is 2.87. The number of carboxylic acid groups (broad SMARTS) is 1. The Kier molecular flexibility index (Phi) is 5.51. The second kappa shape index (κ2) is 6.89. The van der Waals surface area contributed by atoms with Gasteiger partial charge in [0.1, 0.15) is 6.04 Å². The zero-order chi connectivity index (χ0) is 14.4. The third-order valence-corrected chi connectivity index (χ3v) is 2.87. The van der Waals surface area contributed by atoms with Gasteiger partial charge in [-0.15, -0.1) is 0 Å². The van der Waals surface area contributed by atoms with Gasteiger partial charge in [0, 0.05) is 0 Å². The predicted molar refractivity (Wildman–Crippen MR) is 72.5 cm³/mol. The number of carbonyl (C=O) groups excluding carboxylic acids is 1. The third kappa shape index (κ3) is 4.71. The Morgan fingerprint density at radius 1 is 1.26 bits per heavy atom. The lowest BCUT2D eigenvalue weighted by Gasteiger charge is -2.20. The van der Waals surface area contributed by atoms with E-state index < -0.39 is 24.0 Å². The molecule has 1 amide bonds. The van der Waals surface area contributed by atoms with Gasteiger partial charge in [-0.1, -0.05) is 44.2 Å². The number of aliphatic carboxylic acids is 1. The topological polar surface area (TPSA) is 92.4 Å². The van der Waals surface area contributed by atoms with E-state index >= 15 is 0 Å². The zero-order valence-electron chi connectivity index (χ0n) is 11.2. The average Bonchev–Trinajstić information content (AvgIpc) is 2.35. The molecule has 5 heteroatoms. The van der Waals surface area contributed by atoms with Gasteiger partial charge in [0.25, 0.3) is 0 Å². The smallest absolute Gasteiger partial charge is 0.326 e. The van der Waals surface area contributed by atoms with Crippen molar-refractivity contribution in [1.29, 1.82) is 0 Å². The van der Waals surface area contributed by atoms with Crippen LogP contribution in [0.5, 0.6) is 0 Å². The van der Waals surface area contributed by atoms with Crippen molar-refractivity contribution in [1.82, 2.24) is 5.32 Å². The fraction of sp³-hybridized carbons (Fsp3) is 0.429. The van der Waals surface area contributed by atoms with Crippen molar-refractivity contribution >= 4 is 11.9 Å². The normalized spacial score (nSPS) is 13.9. The molecule has 104 valence electrons. The Balaban J connectivity index is 2.60. The van der Waals surface area contributed by atoms with Crippen LogP contribution in [0.1, 0.15) is 19.4 Å². The van der Waals surface area contributed by atoms with E-state index in [2.05, 4.69) is 5.32 Å². The summed E-state index contributed by atoms with van der Waals surface area (Å²) in [5.41, 5.74) is 6.74. The maximum Gasteiger partial charge on any atom is 0.326 e. The van der Waals surface area contributed by atoms with Crippen molar-refractivity contribution in [2.75, 3.05) is 0 Å². The molecule has 0 aliphatic carbocycles. The molecule has 0 saturated heterocycles. The van der Waals surface area contributed by atoms with Crippen LogP contribution in [0.15, 0.2) is 30.3 Å². The minimum atomic E-state index is -1.05. The van der Waals surface area contributed by atoms with Gasteiger partial charge in [0.2, 0.25) is 5.91 Å². The molecule has 0 bridgehead atoms. The fourth-order valence-corrected chi connectivity index (χ4v) is 1.73. The van der Waals surface area contributed by atoms with E-state index in [-0.39, 0.29) is 5.92 Å². The van der Waals surface area contributed by atoms with E-state index in [4.69, 9.17) is 10.8 Å². The Morgan fingerprint density at radius 3 is 2.32 bits per heavy atom. The molecule has 0 spiro atoms. The van der Waals surface area contributed by atoms with Crippen LogP contribution in [0.3, 0.4) is 0 Å². The Morgan fingerprint density at radius 2 is 1.84 bits per heavy atom. The van der Waals surface area contributed by atoms with Gasteiger partial charge >= 0.3 is 5.97 Å². The van der Waals surface area contributed by atoms with Crippen LogP contribution >= 0.6 is 0 Å². The summed E-state index contributed by atoms with van der Waals surface area (Å²) >= 11 is 0. The quantitative estimate of drug-likeness (QED) is 0.708. The lowest BCUT2D eigenvalue weighted by atomic mass is 10.0. The molecule has 0 radical (unpaired) electrons. The Hall–Kier alpha value is -1.88. The zero-order valence-corrected chi connectivity index (χ0v) is 11.2.